The van der Waals surface area contributed by atoms with Crippen molar-refractivity contribution in [2.75, 3.05) is 24.6 Å². The van der Waals surface area contributed by atoms with Gasteiger partial charge in [0, 0.05) is 17.6 Å². The standard InChI is InChI=1S/C27H25F4NO3/c1-26(2)16-32(11-12-35-24-10-3-17(13-22(24)28)14-25(33)34)23-9-6-19(15-21(23)26)18-4-7-20(8-5-18)27(29,30)31/h3-10,13,15H,11-12,14,16H2,1-2H3,(H,33,34). The Kier molecular flexibility index (Phi) is 6.49. The molecule has 0 aromatic heterocycles. The number of fused-ring (bicyclic) bond motifs is 1. The highest BCUT2D eigenvalue weighted by Gasteiger charge is 2.35. The summed E-state index contributed by atoms with van der Waals surface area (Å²) in [5.41, 5.74) is 3.13. The van der Waals surface area contributed by atoms with Gasteiger partial charge in [0.1, 0.15) is 6.61 Å². The average molecular weight is 487 g/mol. The molecule has 1 aliphatic heterocycles. The summed E-state index contributed by atoms with van der Waals surface area (Å²) in [6, 6.07) is 15.1. The maximum Gasteiger partial charge on any atom is 0.416 e. The molecule has 35 heavy (non-hydrogen) atoms. The van der Waals surface area contributed by atoms with Crippen LogP contribution in [0.15, 0.2) is 60.7 Å². The third kappa shape index (κ3) is 5.42. The van der Waals surface area contributed by atoms with Gasteiger partial charge in [0.25, 0.3) is 0 Å². The molecule has 0 saturated carbocycles. The Morgan fingerprint density at radius 1 is 1.03 bits per heavy atom. The monoisotopic (exact) mass is 487 g/mol. The molecule has 0 atom stereocenters. The Hall–Kier alpha value is -3.55. The number of carbonyl (C=O) groups is 1. The topological polar surface area (TPSA) is 49.8 Å². The molecule has 4 nitrogen and oxygen atoms in total. The number of anilines is 1. The van der Waals surface area contributed by atoms with E-state index in [0.29, 0.717) is 24.2 Å². The van der Waals surface area contributed by atoms with Crippen LogP contribution < -0.4 is 9.64 Å². The number of ether oxygens (including phenoxy) is 1. The van der Waals surface area contributed by atoms with E-state index in [4.69, 9.17) is 9.84 Å². The van der Waals surface area contributed by atoms with Gasteiger partial charge in [0.15, 0.2) is 11.6 Å². The zero-order valence-corrected chi connectivity index (χ0v) is 19.3. The van der Waals surface area contributed by atoms with Crippen LogP contribution in [0.4, 0.5) is 23.2 Å². The Bertz CT molecular complexity index is 1240. The van der Waals surface area contributed by atoms with Gasteiger partial charge in [-0.3, -0.25) is 4.79 Å². The van der Waals surface area contributed by atoms with E-state index in [1.54, 1.807) is 0 Å². The molecule has 0 fully saturated rings. The lowest BCUT2D eigenvalue weighted by atomic mass is 9.85. The number of halogens is 4. The molecule has 4 rings (SSSR count). The summed E-state index contributed by atoms with van der Waals surface area (Å²) >= 11 is 0. The average Bonchev–Trinajstić information content (AvgIpc) is 3.04. The SMILES string of the molecule is CC1(C)CN(CCOc2ccc(CC(=O)O)cc2F)c2ccc(-c3ccc(C(F)(F)F)cc3)cc21. The quantitative estimate of drug-likeness (QED) is 0.397. The Labute approximate surface area is 200 Å². The number of benzene rings is 3. The molecule has 1 N–H and O–H groups in total. The zero-order valence-electron chi connectivity index (χ0n) is 19.3. The normalized spacial score (nSPS) is 14.6. The first-order valence-corrected chi connectivity index (χ1v) is 11.1. The van der Waals surface area contributed by atoms with Crippen molar-refractivity contribution in [3.63, 3.8) is 0 Å². The van der Waals surface area contributed by atoms with Gasteiger partial charge >= 0.3 is 12.1 Å². The van der Waals surface area contributed by atoms with E-state index >= 15 is 0 Å². The van der Waals surface area contributed by atoms with Crippen LogP contribution in [-0.2, 0) is 22.8 Å². The summed E-state index contributed by atoms with van der Waals surface area (Å²) in [4.78, 5) is 12.9. The van der Waals surface area contributed by atoms with Crippen LogP contribution >= 0.6 is 0 Å². The summed E-state index contributed by atoms with van der Waals surface area (Å²) in [5.74, 6) is -1.57. The largest absolute Gasteiger partial charge is 0.489 e. The zero-order chi connectivity index (χ0) is 25.4. The number of alkyl halides is 3. The minimum absolute atomic E-state index is 0.0653. The highest BCUT2D eigenvalue weighted by Crippen LogP contribution is 2.42. The van der Waals surface area contributed by atoms with E-state index in [2.05, 4.69) is 18.7 Å². The molecule has 0 saturated heterocycles. The van der Waals surface area contributed by atoms with Crippen LogP contribution in [0.25, 0.3) is 11.1 Å². The second-order valence-electron chi connectivity index (χ2n) is 9.30. The fourth-order valence-electron chi connectivity index (χ4n) is 4.44. The second-order valence-corrected chi connectivity index (χ2v) is 9.30. The molecule has 0 spiro atoms. The number of nitrogens with zero attached hydrogens (tertiary/aromatic N) is 1. The van der Waals surface area contributed by atoms with Crippen LogP contribution in [0.5, 0.6) is 5.75 Å². The molecule has 0 bridgehead atoms. The molecular weight excluding hydrogens is 462 g/mol. The van der Waals surface area contributed by atoms with Crippen molar-refractivity contribution in [2.24, 2.45) is 0 Å². The first-order chi connectivity index (χ1) is 16.4. The summed E-state index contributed by atoms with van der Waals surface area (Å²) in [7, 11) is 0. The minimum Gasteiger partial charge on any atom is -0.489 e. The molecule has 3 aromatic carbocycles. The summed E-state index contributed by atoms with van der Waals surface area (Å²) in [5, 5.41) is 8.83. The van der Waals surface area contributed by atoms with E-state index in [0.717, 1.165) is 28.9 Å². The van der Waals surface area contributed by atoms with Crippen LogP contribution in [0.3, 0.4) is 0 Å². The van der Waals surface area contributed by atoms with E-state index in [1.165, 1.54) is 30.3 Å². The van der Waals surface area contributed by atoms with Crippen molar-refractivity contribution in [3.8, 4) is 16.9 Å². The van der Waals surface area contributed by atoms with Gasteiger partial charge in [-0.1, -0.05) is 38.1 Å². The molecule has 184 valence electrons. The molecule has 8 heteroatoms. The Morgan fingerprint density at radius 2 is 1.71 bits per heavy atom. The van der Waals surface area contributed by atoms with Gasteiger partial charge in [-0.2, -0.15) is 13.2 Å². The van der Waals surface area contributed by atoms with E-state index in [9.17, 15) is 22.4 Å². The van der Waals surface area contributed by atoms with Crippen molar-refractivity contribution in [1.29, 1.82) is 0 Å². The predicted octanol–water partition coefficient (Wildman–Crippen LogP) is 6.32. The molecular formula is C27H25F4NO3. The Balaban J connectivity index is 1.46. The first kappa shape index (κ1) is 24.6. The van der Waals surface area contributed by atoms with Gasteiger partial charge in [-0.25, -0.2) is 4.39 Å². The van der Waals surface area contributed by atoms with Crippen molar-refractivity contribution >= 4 is 11.7 Å². The number of rotatable bonds is 7. The van der Waals surface area contributed by atoms with Crippen LogP contribution in [0.2, 0.25) is 0 Å². The maximum absolute atomic E-state index is 14.3. The van der Waals surface area contributed by atoms with Crippen molar-refractivity contribution in [1.82, 2.24) is 0 Å². The van der Waals surface area contributed by atoms with Crippen molar-refractivity contribution in [2.45, 2.75) is 31.9 Å². The summed E-state index contributed by atoms with van der Waals surface area (Å²) in [6.07, 6.45) is -4.63. The number of carboxylic acids is 1. The number of aliphatic carboxylic acids is 1. The van der Waals surface area contributed by atoms with Gasteiger partial charge < -0.3 is 14.7 Å². The fourth-order valence-corrected chi connectivity index (χ4v) is 4.44. The second kappa shape index (κ2) is 9.24. The highest BCUT2D eigenvalue weighted by molar-refractivity contribution is 5.73. The van der Waals surface area contributed by atoms with Crippen LogP contribution in [0.1, 0.15) is 30.5 Å². The van der Waals surface area contributed by atoms with Crippen LogP contribution in [0, 0.1) is 5.82 Å². The molecule has 0 radical (unpaired) electrons. The third-order valence-corrected chi connectivity index (χ3v) is 6.17. The number of carboxylic acid groups (broad SMARTS) is 1. The summed E-state index contributed by atoms with van der Waals surface area (Å²) < 4.78 is 58.5. The fraction of sp³-hybridized carbons (Fsp3) is 0.296. The van der Waals surface area contributed by atoms with Gasteiger partial charge in [0.05, 0.1) is 18.5 Å². The minimum atomic E-state index is -4.37. The van der Waals surface area contributed by atoms with E-state index < -0.39 is 23.5 Å². The Morgan fingerprint density at radius 3 is 2.34 bits per heavy atom. The number of hydrogen-bond donors (Lipinski definition) is 1. The van der Waals surface area contributed by atoms with Crippen LogP contribution in [-0.4, -0.2) is 30.8 Å². The molecule has 0 aliphatic carbocycles. The van der Waals surface area contributed by atoms with Crippen molar-refractivity contribution in [3.05, 3.63) is 83.2 Å². The lowest BCUT2D eigenvalue weighted by molar-refractivity contribution is -0.138. The van der Waals surface area contributed by atoms with Crippen molar-refractivity contribution < 1.29 is 32.2 Å². The molecule has 1 heterocycles. The van der Waals surface area contributed by atoms with Gasteiger partial charge in [0.2, 0.25) is 0 Å². The highest BCUT2D eigenvalue weighted by atomic mass is 19.4. The summed E-state index contributed by atoms with van der Waals surface area (Å²) in [6.45, 7) is 5.65. The number of hydrogen-bond acceptors (Lipinski definition) is 3. The predicted molar refractivity (Wildman–Crippen MR) is 125 cm³/mol. The molecule has 0 amide bonds. The molecule has 3 aromatic rings. The van der Waals surface area contributed by atoms with Gasteiger partial charge in [-0.05, 0) is 58.7 Å². The lowest BCUT2D eigenvalue weighted by Gasteiger charge is -2.22. The molecule has 1 aliphatic rings. The van der Waals surface area contributed by atoms with Gasteiger partial charge in [-0.15, -0.1) is 0 Å². The molecule has 0 unspecified atom stereocenters. The maximum atomic E-state index is 14.3. The first-order valence-electron chi connectivity index (χ1n) is 11.1. The lowest BCUT2D eigenvalue weighted by Crippen LogP contribution is -2.31. The van der Waals surface area contributed by atoms with E-state index in [-0.39, 0.29) is 24.2 Å². The third-order valence-electron chi connectivity index (χ3n) is 6.17. The smallest absolute Gasteiger partial charge is 0.416 e. The van der Waals surface area contributed by atoms with E-state index in [1.807, 2.05) is 18.2 Å².